The van der Waals surface area contributed by atoms with Crippen molar-refractivity contribution in [2.24, 2.45) is 0 Å². The molecule has 0 aliphatic heterocycles. The van der Waals surface area contributed by atoms with Gasteiger partial charge in [0.05, 0.1) is 12.4 Å². The van der Waals surface area contributed by atoms with E-state index in [0.717, 1.165) is 0 Å². The topological polar surface area (TPSA) is 25.8 Å². The van der Waals surface area contributed by atoms with E-state index in [-0.39, 0.29) is 10.8 Å². The average molecular weight is 203 g/mol. The second-order valence-corrected chi connectivity index (χ2v) is 2.25. The van der Waals surface area contributed by atoms with E-state index in [1.54, 1.807) is 6.92 Å². The van der Waals surface area contributed by atoms with Crippen LogP contribution in [-0.2, 0) is 0 Å². The van der Waals surface area contributed by atoms with Crippen LogP contribution in [0.5, 0.6) is 0 Å². The van der Waals surface area contributed by atoms with Crippen molar-refractivity contribution in [3.05, 3.63) is 29.3 Å². The third-order valence-electron chi connectivity index (χ3n) is 1.12. The Hall–Kier alpha value is -0.960. The average Bonchev–Trinajstić information content (AvgIpc) is 2.21. The fraction of sp³-hybridized carbons (Fsp3) is 0.333. The van der Waals surface area contributed by atoms with Gasteiger partial charge in [-0.3, -0.25) is 0 Å². The molecule has 72 valence electrons. The van der Waals surface area contributed by atoms with Crippen LogP contribution in [0, 0.1) is 0 Å². The van der Waals surface area contributed by atoms with Crippen molar-refractivity contribution in [1.82, 2.24) is 9.97 Å². The first-order valence-corrected chi connectivity index (χ1v) is 4.41. The molecule has 1 aromatic heterocycles. The van der Waals surface area contributed by atoms with E-state index < -0.39 is 5.83 Å². The van der Waals surface area contributed by atoms with Gasteiger partial charge in [-0.05, 0) is 13.0 Å². The molecule has 0 saturated heterocycles. The van der Waals surface area contributed by atoms with E-state index in [4.69, 9.17) is 11.6 Å². The highest BCUT2D eigenvalue weighted by molar-refractivity contribution is 6.29. The lowest BCUT2D eigenvalue weighted by molar-refractivity contribution is 0.749. The third-order valence-corrected chi connectivity index (χ3v) is 1.31. The van der Waals surface area contributed by atoms with E-state index in [1.807, 2.05) is 13.8 Å². The van der Waals surface area contributed by atoms with Crippen LogP contribution in [0.1, 0.15) is 26.5 Å². The lowest BCUT2D eigenvalue weighted by Gasteiger charge is -1.93. The molecule has 1 aromatic rings. The highest BCUT2D eigenvalue weighted by Crippen LogP contribution is 2.12. The molecule has 0 atom stereocenters. The van der Waals surface area contributed by atoms with Gasteiger partial charge in [0.15, 0.2) is 0 Å². The summed E-state index contributed by atoms with van der Waals surface area (Å²) in [5, 5.41) is 0.262. The zero-order valence-electron chi connectivity index (χ0n) is 7.88. The molecule has 0 amide bonds. The number of hydrogen-bond donors (Lipinski definition) is 0. The molecule has 0 aromatic carbocycles. The van der Waals surface area contributed by atoms with Crippen molar-refractivity contribution in [2.45, 2.75) is 20.8 Å². The summed E-state index contributed by atoms with van der Waals surface area (Å²) in [6, 6.07) is 0. The minimum atomic E-state index is -0.394. The molecule has 0 radical (unpaired) electrons. The Morgan fingerprint density at radius 1 is 1.38 bits per heavy atom. The molecule has 0 spiro atoms. The molecule has 0 aliphatic rings. The van der Waals surface area contributed by atoms with Crippen LogP contribution in [0.25, 0.3) is 5.83 Å². The Balaban J connectivity index is 0.000000671. The van der Waals surface area contributed by atoms with Crippen molar-refractivity contribution in [3.63, 3.8) is 0 Å². The van der Waals surface area contributed by atoms with E-state index >= 15 is 0 Å². The highest BCUT2D eigenvalue weighted by Gasteiger charge is 1.99. The van der Waals surface area contributed by atoms with Crippen LogP contribution in [-0.4, -0.2) is 9.97 Å². The number of allylic oxidation sites excluding steroid dienone is 1. The monoisotopic (exact) mass is 202 g/mol. The Morgan fingerprint density at radius 3 is 2.38 bits per heavy atom. The fourth-order valence-corrected chi connectivity index (χ4v) is 0.681. The number of halogens is 2. The maximum atomic E-state index is 12.7. The van der Waals surface area contributed by atoms with E-state index in [0.29, 0.717) is 0 Å². The van der Waals surface area contributed by atoms with Gasteiger partial charge >= 0.3 is 0 Å². The largest absolute Gasteiger partial charge is 0.249 e. The molecular formula is C9H12ClFN2. The quantitative estimate of drug-likeness (QED) is 0.697. The molecule has 1 heterocycles. The molecule has 4 heteroatoms. The van der Waals surface area contributed by atoms with Gasteiger partial charge in [-0.1, -0.05) is 25.4 Å². The number of hydrogen-bond acceptors (Lipinski definition) is 2. The van der Waals surface area contributed by atoms with Crippen LogP contribution in [0.15, 0.2) is 18.5 Å². The SMILES string of the molecule is C/C=C(\F)c1cnc(Cl)cn1.CC. The second kappa shape index (κ2) is 6.54. The summed E-state index contributed by atoms with van der Waals surface area (Å²) in [5.41, 5.74) is 0.205. The Bertz CT molecular complexity index is 269. The second-order valence-electron chi connectivity index (χ2n) is 1.86. The summed E-state index contributed by atoms with van der Waals surface area (Å²) >= 11 is 5.44. The highest BCUT2D eigenvalue weighted by atomic mass is 35.5. The molecule has 0 saturated carbocycles. The van der Waals surface area contributed by atoms with E-state index in [1.165, 1.54) is 18.5 Å². The molecule has 0 bridgehead atoms. The zero-order valence-corrected chi connectivity index (χ0v) is 8.64. The molecule has 2 nitrogen and oxygen atoms in total. The van der Waals surface area contributed by atoms with Gasteiger partial charge in [0.25, 0.3) is 0 Å². The summed E-state index contributed by atoms with van der Waals surface area (Å²) in [6.45, 7) is 5.59. The molecular weight excluding hydrogens is 191 g/mol. The smallest absolute Gasteiger partial charge is 0.147 e. The van der Waals surface area contributed by atoms with Gasteiger partial charge in [0, 0.05) is 0 Å². The van der Waals surface area contributed by atoms with E-state index in [9.17, 15) is 4.39 Å². The van der Waals surface area contributed by atoms with Crippen LogP contribution in [0.2, 0.25) is 5.15 Å². The summed E-state index contributed by atoms with van der Waals surface area (Å²) in [5.74, 6) is -0.394. The van der Waals surface area contributed by atoms with Gasteiger partial charge in [-0.15, -0.1) is 0 Å². The summed E-state index contributed by atoms with van der Waals surface area (Å²) < 4.78 is 12.7. The van der Waals surface area contributed by atoms with Crippen LogP contribution in [0.3, 0.4) is 0 Å². The Kier molecular flexibility index (Phi) is 6.06. The molecule has 0 fully saturated rings. The van der Waals surface area contributed by atoms with Gasteiger partial charge in [-0.25, -0.2) is 14.4 Å². The fourth-order valence-electron chi connectivity index (χ4n) is 0.583. The summed E-state index contributed by atoms with van der Waals surface area (Å²) in [6.07, 6.45) is 3.91. The maximum absolute atomic E-state index is 12.7. The Labute approximate surface area is 82.5 Å². The summed E-state index contributed by atoms with van der Waals surface area (Å²) in [4.78, 5) is 7.38. The predicted octanol–water partition coefficient (Wildman–Crippen LogP) is 3.49. The first kappa shape index (κ1) is 12.0. The lowest BCUT2D eigenvalue weighted by Crippen LogP contribution is -1.86. The molecule has 0 aliphatic carbocycles. The predicted molar refractivity (Wildman–Crippen MR) is 53.1 cm³/mol. The normalized spacial score (nSPS) is 10.4. The first-order chi connectivity index (χ1) is 6.24. The van der Waals surface area contributed by atoms with Gasteiger partial charge in [0.1, 0.15) is 16.7 Å². The van der Waals surface area contributed by atoms with Crippen molar-refractivity contribution >= 4 is 17.4 Å². The standard InChI is InChI=1S/C7H6ClFN2.C2H6/c1-2-5(9)6-3-11-7(8)4-10-6;1-2/h2-4H,1H3;1-2H3/b5-2-;. The van der Waals surface area contributed by atoms with Gasteiger partial charge < -0.3 is 0 Å². The minimum absolute atomic E-state index is 0.205. The van der Waals surface area contributed by atoms with Crippen molar-refractivity contribution in [1.29, 1.82) is 0 Å². The van der Waals surface area contributed by atoms with Gasteiger partial charge in [-0.2, -0.15) is 0 Å². The summed E-state index contributed by atoms with van der Waals surface area (Å²) in [7, 11) is 0. The van der Waals surface area contributed by atoms with Crippen LogP contribution >= 0.6 is 11.6 Å². The van der Waals surface area contributed by atoms with Crippen LogP contribution < -0.4 is 0 Å². The Morgan fingerprint density at radius 2 is 2.00 bits per heavy atom. The maximum Gasteiger partial charge on any atom is 0.147 e. The third kappa shape index (κ3) is 3.99. The molecule has 1 rings (SSSR count). The van der Waals surface area contributed by atoms with Crippen molar-refractivity contribution in [2.75, 3.05) is 0 Å². The minimum Gasteiger partial charge on any atom is -0.249 e. The van der Waals surface area contributed by atoms with Crippen molar-refractivity contribution < 1.29 is 4.39 Å². The molecule has 13 heavy (non-hydrogen) atoms. The number of aromatic nitrogens is 2. The van der Waals surface area contributed by atoms with Gasteiger partial charge in [0.2, 0.25) is 0 Å². The number of nitrogens with zero attached hydrogens (tertiary/aromatic N) is 2. The molecule has 0 unspecified atom stereocenters. The first-order valence-electron chi connectivity index (χ1n) is 4.03. The lowest BCUT2D eigenvalue weighted by atomic mass is 10.4. The number of rotatable bonds is 1. The van der Waals surface area contributed by atoms with E-state index in [2.05, 4.69) is 9.97 Å². The van der Waals surface area contributed by atoms with Crippen molar-refractivity contribution in [3.8, 4) is 0 Å². The zero-order chi connectivity index (χ0) is 10.3. The van der Waals surface area contributed by atoms with Crippen LogP contribution in [0.4, 0.5) is 4.39 Å². The molecule has 0 N–H and O–H groups in total.